The maximum absolute atomic E-state index is 14.3. The maximum Gasteiger partial charge on any atom is 0.199 e. The molecule has 3 aromatic carbocycles. The average molecular weight is 488 g/mol. The van der Waals surface area contributed by atoms with Gasteiger partial charge in [-0.3, -0.25) is 0 Å². The first-order valence-corrected chi connectivity index (χ1v) is 13.4. The molecule has 188 valence electrons. The van der Waals surface area contributed by atoms with Crippen molar-refractivity contribution < 1.29 is 18.6 Å². The van der Waals surface area contributed by atoms with E-state index in [1.54, 1.807) is 12.1 Å². The second kappa shape index (κ2) is 10.6. The summed E-state index contributed by atoms with van der Waals surface area (Å²) < 4.78 is 32.4. The van der Waals surface area contributed by atoms with Gasteiger partial charge in [-0.05, 0) is 91.6 Å². The van der Waals surface area contributed by atoms with Crippen LogP contribution in [0.25, 0.3) is 11.1 Å². The van der Waals surface area contributed by atoms with Gasteiger partial charge >= 0.3 is 0 Å². The lowest BCUT2D eigenvalue weighted by Gasteiger charge is -2.33. The van der Waals surface area contributed by atoms with Crippen molar-refractivity contribution in [3.63, 3.8) is 0 Å². The number of hydrogen-bond donors (Lipinski definition) is 1. The molecule has 6 rings (SSSR count). The van der Waals surface area contributed by atoms with Crippen LogP contribution in [0.15, 0.2) is 60.7 Å². The van der Waals surface area contributed by atoms with Crippen molar-refractivity contribution >= 4 is 0 Å². The van der Waals surface area contributed by atoms with E-state index in [0.29, 0.717) is 12.5 Å². The van der Waals surface area contributed by atoms with Gasteiger partial charge in [-0.1, -0.05) is 36.4 Å². The zero-order valence-corrected chi connectivity index (χ0v) is 20.7. The lowest BCUT2D eigenvalue weighted by Crippen LogP contribution is -2.28. The molecule has 2 unspecified atom stereocenters. The van der Waals surface area contributed by atoms with E-state index in [1.807, 2.05) is 18.2 Å². The zero-order chi connectivity index (χ0) is 24.3. The molecular formula is C31H34FNO3. The molecule has 5 heteroatoms. The topological polar surface area (TPSA) is 39.7 Å². The quantitative estimate of drug-likeness (QED) is 0.431. The molecule has 3 aliphatic heterocycles. The van der Waals surface area contributed by atoms with E-state index < -0.39 is 0 Å². The van der Waals surface area contributed by atoms with Crippen LogP contribution in [0.5, 0.6) is 11.5 Å². The summed E-state index contributed by atoms with van der Waals surface area (Å²) in [6.07, 6.45) is 6.08. The summed E-state index contributed by atoms with van der Waals surface area (Å²) in [5.74, 6) is 2.14. The van der Waals surface area contributed by atoms with Crippen molar-refractivity contribution in [2.24, 2.45) is 0 Å². The molecule has 3 aliphatic rings. The van der Waals surface area contributed by atoms with Gasteiger partial charge in [0.25, 0.3) is 0 Å². The van der Waals surface area contributed by atoms with E-state index in [1.165, 1.54) is 22.8 Å². The molecule has 0 amide bonds. The Morgan fingerprint density at radius 1 is 0.833 bits per heavy atom. The lowest BCUT2D eigenvalue weighted by atomic mass is 9.75. The summed E-state index contributed by atoms with van der Waals surface area (Å²) >= 11 is 0. The Bertz CT molecular complexity index is 1200. The molecular weight excluding hydrogens is 453 g/mol. The highest BCUT2D eigenvalue weighted by atomic mass is 19.1. The molecule has 2 atom stereocenters. The molecule has 3 heterocycles. The molecule has 0 bridgehead atoms. The molecule has 0 aliphatic carbocycles. The normalized spacial score (nSPS) is 22.5. The summed E-state index contributed by atoms with van der Waals surface area (Å²) in [4.78, 5) is 0. The van der Waals surface area contributed by atoms with Gasteiger partial charge in [0, 0.05) is 24.0 Å². The van der Waals surface area contributed by atoms with Crippen LogP contribution in [0.2, 0.25) is 0 Å². The molecule has 2 fully saturated rings. The van der Waals surface area contributed by atoms with Gasteiger partial charge in [0.1, 0.15) is 17.3 Å². The maximum atomic E-state index is 14.3. The molecule has 1 N–H and O–H groups in total. The fraction of sp³-hybridized carbons (Fsp3) is 0.419. The predicted molar refractivity (Wildman–Crippen MR) is 139 cm³/mol. The summed E-state index contributed by atoms with van der Waals surface area (Å²) in [6, 6.07) is 19.8. The third kappa shape index (κ3) is 4.87. The highest BCUT2D eigenvalue weighted by molar-refractivity contribution is 5.72. The number of benzene rings is 3. The fourth-order valence-corrected chi connectivity index (χ4v) is 6.07. The van der Waals surface area contributed by atoms with E-state index in [-0.39, 0.29) is 18.0 Å². The smallest absolute Gasteiger partial charge is 0.199 e. The van der Waals surface area contributed by atoms with Crippen LogP contribution < -0.4 is 14.8 Å². The number of ether oxygens (including phenoxy) is 3. The van der Waals surface area contributed by atoms with Gasteiger partial charge in [0.15, 0.2) is 6.29 Å². The fourth-order valence-electron chi connectivity index (χ4n) is 6.07. The number of nitrogens with one attached hydrogen (secondary N) is 1. The molecule has 3 aromatic rings. The van der Waals surface area contributed by atoms with Crippen LogP contribution in [-0.2, 0) is 4.74 Å². The van der Waals surface area contributed by atoms with Crippen molar-refractivity contribution in [2.75, 3.05) is 26.3 Å². The van der Waals surface area contributed by atoms with E-state index in [9.17, 15) is 4.39 Å². The largest absolute Gasteiger partial charge is 0.493 e. The lowest BCUT2D eigenvalue weighted by molar-refractivity contribution is -0.105. The number of piperidine rings is 1. The minimum Gasteiger partial charge on any atom is -0.493 e. The van der Waals surface area contributed by atoms with E-state index in [0.717, 1.165) is 80.8 Å². The first kappa shape index (κ1) is 23.5. The third-order valence-electron chi connectivity index (χ3n) is 7.83. The van der Waals surface area contributed by atoms with Gasteiger partial charge in [0.05, 0.1) is 13.2 Å². The van der Waals surface area contributed by atoms with Gasteiger partial charge in [-0.25, -0.2) is 4.39 Å². The van der Waals surface area contributed by atoms with Crippen molar-refractivity contribution in [1.29, 1.82) is 0 Å². The summed E-state index contributed by atoms with van der Waals surface area (Å²) in [5, 5.41) is 3.50. The second-order valence-corrected chi connectivity index (χ2v) is 10.1. The Balaban J connectivity index is 1.41. The Kier molecular flexibility index (Phi) is 6.93. The Morgan fingerprint density at radius 2 is 1.72 bits per heavy atom. The summed E-state index contributed by atoms with van der Waals surface area (Å²) in [7, 11) is 0. The highest BCUT2D eigenvalue weighted by Gasteiger charge is 2.31. The molecule has 2 saturated heterocycles. The SMILES string of the molecule is Fc1cccc(-c2cccc(C3CCNCC3)c2C2CCOc3cc(OC4CCCCO4)ccc32)c1. The van der Waals surface area contributed by atoms with E-state index in [2.05, 4.69) is 29.6 Å². The minimum atomic E-state index is -0.204. The Hall–Kier alpha value is -2.89. The average Bonchev–Trinajstić information content (AvgIpc) is 2.93. The number of fused-ring (bicyclic) bond motifs is 1. The standard InChI is InChI=1S/C31H34FNO3/c32-23-6-3-5-22(19-23)26-8-4-7-25(21-12-15-33-16-13-21)31(26)28-14-18-34-29-20-24(10-11-27(28)29)36-30-9-1-2-17-35-30/h3-8,10-11,19-21,28,30,33H,1-2,9,12-18H2. The number of rotatable bonds is 5. The third-order valence-corrected chi connectivity index (χ3v) is 7.83. The van der Waals surface area contributed by atoms with Crippen LogP contribution in [0.1, 0.15) is 67.1 Å². The number of halogens is 1. The number of hydrogen-bond acceptors (Lipinski definition) is 4. The molecule has 0 aromatic heterocycles. The minimum absolute atomic E-state index is 0.179. The highest BCUT2D eigenvalue weighted by Crippen LogP contribution is 2.47. The zero-order valence-electron chi connectivity index (χ0n) is 20.7. The monoisotopic (exact) mass is 487 g/mol. The molecule has 0 spiro atoms. The van der Waals surface area contributed by atoms with Crippen LogP contribution in [0, 0.1) is 5.82 Å². The van der Waals surface area contributed by atoms with Gasteiger partial charge in [-0.15, -0.1) is 0 Å². The van der Waals surface area contributed by atoms with Crippen molar-refractivity contribution in [2.45, 2.75) is 56.7 Å². The molecule has 4 nitrogen and oxygen atoms in total. The molecule has 0 saturated carbocycles. The van der Waals surface area contributed by atoms with Gasteiger partial charge in [0.2, 0.25) is 0 Å². The molecule has 36 heavy (non-hydrogen) atoms. The van der Waals surface area contributed by atoms with Gasteiger partial charge in [-0.2, -0.15) is 0 Å². The Morgan fingerprint density at radius 3 is 2.56 bits per heavy atom. The van der Waals surface area contributed by atoms with Crippen molar-refractivity contribution in [1.82, 2.24) is 5.32 Å². The predicted octanol–water partition coefficient (Wildman–Crippen LogP) is 6.78. The van der Waals surface area contributed by atoms with Crippen LogP contribution >= 0.6 is 0 Å². The van der Waals surface area contributed by atoms with E-state index in [4.69, 9.17) is 14.2 Å². The van der Waals surface area contributed by atoms with Crippen LogP contribution in [0.3, 0.4) is 0 Å². The van der Waals surface area contributed by atoms with Crippen molar-refractivity contribution in [3.8, 4) is 22.6 Å². The van der Waals surface area contributed by atoms with Crippen molar-refractivity contribution in [3.05, 3.63) is 83.2 Å². The first-order chi connectivity index (χ1) is 17.8. The summed E-state index contributed by atoms with van der Waals surface area (Å²) in [6.45, 7) is 3.46. The van der Waals surface area contributed by atoms with Crippen LogP contribution in [-0.4, -0.2) is 32.6 Å². The molecule has 0 radical (unpaired) electrons. The van der Waals surface area contributed by atoms with Gasteiger partial charge < -0.3 is 19.5 Å². The Labute approximate surface area is 212 Å². The second-order valence-electron chi connectivity index (χ2n) is 10.1. The first-order valence-electron chi connectivity index (χ1n) is 13.4. The van der Waals surface area contributed by atoms with E-state index >= 15 is 0 Å². The summed E-state index contributed by atoms with van der Waals surface area (Å²) in [5.41, 5.74) is 5.95. The van der Waals surface area contributed by atoms with Crippen LogP contribution in [0.4, 0.5) is 4.39 Å².